The van der Waals surface area contributed by atoms with Gasteiger partial charge in [-0.05, 0) is 18.2 Å². The van der Waals surface area contributed by atoms with E-state index in [-0.39, 0.29) is 29.7 Å². The Hall–Kier alpha value is -2.08. The number of ether oxygens (including phenoxy) is 1. The molecule has 0 spiro atoms. The second-order valence-electron chi connectivity index (χ2n) is 5.99. The number of rotatable bonds is 8. The number of aromatic nitrogens is 2. The van der Waals surface area contributed by atoms with Gasteiger partial charge in [0.05, 0.1) is 24.7 Å². The Bertz CT molecular complexity index is 800. The van der Waals surface area contributed by atoms with E-state index in [0.717, 1.165) is 13.1 Å². The number of carbonyl (C=O) groups excluding carboxylic acids is 2. The lowest BCUT2D eigenvalue weighted by Crippen LogP contribution is -2.38. The normalized spacial score (nSPS) is 14.6. The third-order valence-electron chi connectivity index (χ3n) is 3.95. The molecule has 1 aromatic carbocycles. The molecule has 11 heteroatoms. The zero-order chi connectivity index (χ0) is 19.8. The van der Waals surface area contributed by atoms with Crippen LogP contribution in [-0.4, -0.2) is 65.5 Å². The van der Waals surface area contributed by atoms with Crippen LogP contribution in [0.25, 0.3) is 0 Å². The van der Waals surface area contributed by atoms with Gasteiger partial charge in [-0.3, -0.25) is 14.5 Å². The summed E-state index contributed by atoms with van der Waals surface area (Å²) in [6.45, 7) is 3.50. The molecule has 0 unspecified atom stereocenters. The molecule has 1 saturated heterocycles. The number of hydrogen-bond donors (Lipinski definition) is 2. The average molecular weight is 426 g/mol. The first-order chi connectivity index (χ1) is 13.6. The Balaban J connectivity index is 1.49. The molecule has 8 nitrogen and oxygen atoms in total. The molecule has 3 rings (SSSR count). The number of benzene rings is 1. The lowest BCUT2D eigenvalue weighted by molar-refractivity contribution is -0.117. The third-order valence-corrected chi connectivity index (χ3v) is 5.81. The summed E-state index contributed by atoms with van der Waals surface area (Å²) < 4.78 is 20.0. The summed E-state index contributed by atoms with van der Waals surface area (Å²) in [5.74, 6) is -0.925. The lowest BCUT2D eigenvalue weighted by Gasteiger charge is -2.26. The van der Waals surface area contributed by atoms with E-state index in [0.29, 0.717) is 29.8 Å². The van der Waals surface area contributed by atoms with E-state index < -0.39 is 5.82 Å². The molecular weight excluding hydrogens is 405 g/mol. The quantitative estimate of drug-likeness (QED) is 0.625. The summed E-state index contributed by atoms with van der Waals surface area (Å²) in [4.78, 5) is 26.3. The van der Waals surface area contributed by atoms with Crippen LogP contribution in [0.3, 0.4) is 0 Å². The predicted molar refractivity (Wildman–Crippen MR) is 106 cm³/mol. The molecular formula is C17H20FN5O3S2. The molecule has 0 saturated carbocycles. The first-order valence-corrected chi connectivity index (χ1v) is 10.5. The summed E-state index contributed by atoms with van der Waals surface area (Å²) in [5, 5.41) is 12.8. The number of halogens is 1. The fourth-order valence-electron chi connectivity index (χ4n) is 2.55. The van der Waals surface area contributed by atoms with Crippen LogP contribution in [0.1, 0.15) is 6.42 Å². The molecule has 28 heavy (non-hydrogen) atoms. The van der Waals surface area contributed by atoms with E-state index in [1.165, 1.54) is 41.3 Å². The van der Waals surface area contributed by atoms with Crippen molar-refractivity contribution in [1.29, 1.82) is 0 Å². The molecule has 1 aliphatic heterocycles. The van der Waals surface area contributed by atoms with Crippen LogP contribution < -0.4 is 10.6 Å². The molecule has 2 amide bonds. The van der Waals surface area contributed by atoms with Crippen LogP contribution >= 0.6 is 23.1 Å². The summed E-state index contributed by atoms with van der Waals surface area (Å²) >= 11 is 2.62. The van der Waals surface area contributed by atoms with Crippen molar-refractivity contribution < 1.29 is 18.7 Å². The maximum absolute atomic E-state index is 14.0. The highest BCUT2D eigenvalue weighted by Crippen LogP contribution is 2.22. The predicted octanol–water partition coefficient (Wildman–Crippen LogP) is 2.07. The Labute approximate surface area is 169 Å². The minimum atomic E-state index is -0.555. The highest BCUT2D eigenvalue weighted by molar-refractivity contribution is 8.01. The molecule has 150 valence electrons. The zero-order valence-corrected chi connectivity index (χ0v) is 16.7. The lowest BCUT2D eigenvalue weighted by atomic mass is 10.2. The van der Waals surface area contributed by atoms with Crippen molar-refractivity contribution in [2.75, 3.05) is 49.2 Å². The zero-order valence-electron chi connectivity index (χ0n) is 15.0. The molecule has 2 N–H and O–H groups in total. The second kappa shape index (κ2) is 10.5. The largest absolute Gasteiger partial charge is 0.379 e. The highest BCUT2D eigenvalue weighted by Gasteiger charge is 2.14. The maximum Gasteiger partial charge on any atom is 0.234 e. The van der Waals surface area contributed by atoms with Crippen molar-refractivity contribution in [3.63, 3.8) is 0 Å². The van der Waals surface area contributed by atoms with Crippen LogP contribution in [0.15, 0.2) is 28.0 Å². The molecule has 1 fully saturated rings. The Morgan fingerprint density at radius 2 is 2.07 bits per heavy atom. The number of anilines is 2. The molecule has 2 heterocycles. The molecule has 0 radical (unpaired) electrons. The van der Waals surface area contributed by atoms with Crippen molar-refractivity contribution in [3.05, 3.63) is 29.5 Å². The van der Waals surface area contributed by atoms with E-state index in [1.54, 1.807) is 5.51 Å². The topological polar surface area (TPSA) is 96.4 Å². The summed E-state index contributed by atoms with van der Waals surface area (Å²) in [6, 6.07) is 4.08. The maximum atomic E-state index is 14.0. The SMILES string of the molecule is O=C(CSc1nncs1)Nc1ccc(F)c(NC(=O)CCN2CCOCC2)c1. The van der Waals surface area contributed by atoms with E-state index in [4.69, 9.17) is 4.74 Å². The number of hydrogen-bond acceptors (Lipinski definition) is 8. The van der Waals surface area contributed by atoms with Crippen molar-refractivity contribution in [1.82, 2.24) is 15.1 Å². The van der Waals surface area contributed by atoms with Crippen LogP contribution in [0.2, 0.25) is 0 Å². The Morgan fingerprint density at radius 1 is 1.25 bits per heavy atom. The van der Waals surface area contributed by atoms with Gasteiger partial charge in [-0.25, -0.2) is 4.39 Å². The van der Waals surface area contributed by atoms with Gasteiger partial charge in [-0.1, -0.05) is 23.1 Å². The molecule has 1 aliphatic rings. The van der Waals surface area contributed by atoms with Crippen molar-refractivity contribution in [3.8, 4) is 0 Å². The number of nitrogens with zero attached hydrogens (tertiary/aromatic N) is 3. The fourth-order valence-corrected chi connectivity index (χ4v) is 3.83. The van der Waals surface area contributed by atoms with E-state index in [9.17, 15) is 14.0 Å². The van der Waals surface area contributed by atoms with Crippen LogP contribution in [0.5, 0.6) is 0 Å². The monoisotopic (exact) mass is 425 g/mol. The Morgan fingerprint density at radius 3 is 2.82 bits per heavy atom. The van der Waals surface area contributed by atoms with E-state index in [1.807, 2.05) is 0 Å². The summed E-state index contributed by atoms with van der Waals surface area (Å²) in [5.41, 5.74) is 2.04. The first-order valence-electron chi connectivity index (χ1n) is 8.68. The first kappa shape index (κ1) is 20.6. The van der Waals surface area contributed by atoms with Gasteiger partial charge < -0.3 is 15.4 Å². The van der Waals surface area contributed by atoms with Gasteiger partial charge >= 0.3 is 0 Å². The second-order valence-corrected chi connectivity index (χ2v) is 8.04. The van der Waals surface area contributed by atoms with E-state index >= 15 is 0 Å². The van der Waals surface area contributed by atoms with Crippen LogP contribution in [-0.2, 0) is 14.3 Å². The van der Waals surface area contributed by atoms with Crippen LogP contribution in [0.4, 0.5) is 15.8 Å². The van der Waals surface area contributed by atoms with Gasteiger partial charge in [-0.15, -0.1) is 10.2 Å². The molecule has 1 aromatic heterocycles. The summed E-state index contributed by atoms with van der Waals surface area (Å²) in [6.07, 6.45) is 0.258. The van der Waals surface area contributed by atoms with Crippen molar-refractivity contribution in [2.45, 2.75) is 10.8 Å². The van der Waals surface area contributed by atoms with E-state index in [2.05, 4.69) is 25.7 Å². The van der Waals surface area contributed by atoms with Crippen LogP contribution in [0, 0.1) is 5.82 Å². The standard InChI is InChI=1S/C17H20FN5O3S2/c18-13-2-1-12(20-16(25)10-27-17-22-19-11-28-17)9-14(13)21-15(24)3-4-23-5-7-26-8-6-23/h1-2,9,11H,3-8,10H2,(H,20,25)(H,21,24). The van der Waals surface area contributed by atoms with Gasteiger partial charge in [0.15, 0.2) is 4.34 Å². The molecule has 0 atom stereocenters. The minimum absolute atomic E-state index is 0.0431. The average Bonchev–Trinajstić information content (AvgIpc) is 3.22. The van der Waals surface area contributed by atoms with Crippen molar-refractivity contribution >= 4 is 46.3 Å². The molecule has 0 bridgehead atoms. The molecule has 0 aliphatic carbocycles. The number of morpholine rings is 1. The van der Waals surface area contributed by atoms with Gasteiger partial charge in [0.25, 0.3) is 0 Å². The van der Waals surface area contributed by atoms with Gasteiger partial charge in [0, 0.05) is 31.7 Å². The number of thioether (sulfide) groups is 1. The van der Waals surface area contributed by atoms with Crippen molar-refractivity contribution in [2.24, 2.45) is 0 Å². The highest BCUT2D eigenvalue weighted by atomic mass is 32.2. The molecule has 2 aromatic rings. The smallest absolute Gasteiger partial charge is 0.234 e. The van der Waals surface area contributed by atoms with Gasteiger partial charge in [-0.2, -0.15) is 0 Å². The minimum Gasteiger partial charge on any atom is -0.379 e. The number of amides is 2. The third kappa shape index (κ3) is 6.51. The van der Waals surface area contributed by atoms with Gasteiger partial charge in [0.1, 0.15) is 11.3 Å². The number of carbonyl (C=O) groups is 2. The fraction of sp³-hybridized carbons (Fsp3) is 0.412. The summed E-state index contributed by atoms with van der Waals surface area (Å²) in [7, 11) is 0. The number of nitrogens with one attached hydrogen (secondary N) is 2. The Kier molecular flexibility index (Phi) is 7.71. The van der Waals surface area contributed by atoms with Gasteiger partial charge in [0.2, 0.25) is 11.8 Å².